The van der Waals surface area contributed by atoms with Gasteiger partial charge in [0.15, 0.2) is 5.96 Å². The fraction of sp³-hybridized carbons (Fsp3) is 0.545. The Morgan fingerprint density at radius 2 is 1.90 bits per heavy atom. The summed E-state index contributed by atoms with van der Waals surface area (Å²) >= 11 is 0. The average molecular weight is 513 g/mol. The lowest BCUT2D eigenvalue weighted by Gasteiger charge is -2.18. The highest BCUT2D eigenvalue weighted by atomic mass is 127. The van der Waals surface area contributed by atoms with Gasteiger partial charge in [-0.3, -0.25) is 9.67 Å². The fourth-order valence-corrected chi connectivity index (χ4v) is 3.10. The van der Waals surface area contributed by atoms with Gasteiger partial charge < -0.3 is 15.4 Å². The standard InChI is InChI=1S/C22H35N5O.HI/c1-7-23-22(24-13-8-14-28-20-11-9-16(2)10-12-20)25-17(3)15-21-18(4)26-27(6)19(21)5;/h9-12,17H,7-8,13-15H2,1-6H3,(H2,23,24,25);1H. The molecule has 2 rings (SSSR count). The van der Waals surface area contributed by atoms with Crippen LogP contribution >= 0.6 is 24.0 Å². The van der Waals surface area contributed by atoms with Crippen molar-refractivity contribution in [1.82, 2.24) is 20.4 Å². The van der Waals surface area contributed by atoms with Crippen molar-refractivity contribution < 1.29 is 4.74 Å². The van der Waals surface area contributed by atoms with Crippen LogP contribution in [-0.4, -0.2) is 41.5 Å². The molecule has 0 aliphatic rings. The summed E-state index contributed by atoms with van der Waals surface area (Å²) in [5.74, 6) is 1.76. The molecule has 0 radical (unpaired) electrons. The second-order valence-corrected chi connectivity index (χ2v) is 7.30. The topological polar surface area (TPSA) is 63.5 Å². The van der Waals surface area contributed by atoms with Crippen LogP contribution in [0.15, 0.2) is 29.3 Å². The quantitative estimate of drug-likeness (QED) is 0.231. The molecule has 1 unspecified atom stereocenters. The minimum Gasteiger partial charge on any atom is -0.494 e. The van der Waals surface area contributed by atoms with Crippen molar-refractivity contribution in [3.63, 3.8) is 0 Å². The van der Waals surface area contributed by atoms with Gasteiger partial charge in [0.1, 0.15) is 5.75 Å². The molecular weight excluding hydrogens is 477 g/mol. The van der Waals surface area contributed by atoms with Crippen LogP contribution in [0.2, 0.25) is 0 Å². The number of halogens is 1. The minimum absolute atomic E-state index is 0. The summed E-state index contributed by atoms with van der Waals surface area (Å²) < 4.78 is 7.72. The monoisotopic (exact) mass is 513 g/mol. The number of nitrogens with one attached hydrogen (secondary N) is 2. The zero-order chi connectivity index (χ0) is 20.5. The van der Waals surface area contributed by atoms with Gasteiger partial charge >= 0.3 is 0 Å². The lowest BCUT2D eigenvalue weighted by atomic mass is 10.1. The normalized spacial score (nSPS) is 12.3. The third kappa shape index (κ3) is 8.24. The molecule has 162 valence electrons. The van der Waals surface area contributed by atoms with E-state index in [2.05, 4.69) is 67.5 Å². The highest BCUT2D eigenvalue weighted by Crippen LogP contribution is 2.14. The van der Waals surface area contributed by atoms with Crippen LogP contribution < -0.4 is 15.4 Å². The zero-order valence-corrected chi connectivity index (χ0v) is 20.9. The van der Waals surface area contributed by atoms with Crippen molar-refractivity contribution in [3.05, 3.63) is 46.8 Å². The number of nitrogens with zero attached hydrogens (tertiary/aromatic N) is 3. The van der Waals surface area contributed by atoms with Crippen LogP contribution in [0.1, 0.15) is 42.8 Å². The SMILES string of the molecule is CCNC(=NCCCOc1ccc(C)cc1)NC(C)Cc1c(C)nn(C)c1C.I. The van der Waals surface area contributed by atoms with E-state index < -0.39 is 0 Å². The fourth-order valence-electron chi connectivity index (χ4n) is 3.10. The Morgan fingerprint density at radius 1 is 1.21 bits per heavy atom. The summed E-state index contributed by atoms with van der Waals surface area (Å²) in [5.41, 5.74) is 4.87. The summed E-state index contributed by atoms with van der Waals surface area (Å²) in [5, 5.41) is 11.3. The van der Waals surface area contributed by atoms with E-state index in [0.29, 0.717) is 6.61 Å². The Hall–Kier alpha value is -1.77. The summed E-state index contributed by atoms with van der Waals surface area (Å²) in [6.07, 6.45) is 1.80. The molecule has 0 bridgehead atoms. The van der Waals surface area contributed by atoms with Gasteiger partial charge in [-0.1, -0.05) is 17.7 Å². The van der Waals surface area contributed by atoms with Crippen LogP contribution in [0.25, 0.3) is 0 Å². The van der Waals surface area contributed by atoms with E-state index in [1.807, 2.05) is 23.9 Å². The molecule has 1 aromatic carbocycles. The van der Waals surface area contributed by atoms with E-state index in [1.165, 1.54) is 16.8 Å². The number of benzene rings is 1. The van der Waals surface area contributed by atoms with Crippen molar-refractivity contribution in [2.45, 2.75) is 53.5 Å². The van der Waals surface area contributed by atoms with E-state index in [1.54, 1.807) is 0 Å². The first kappa shape index (κ1) is 25.3. The first-order valence-corrected chi connectivity index (χ1v) is 10.1. The predicted octanol–water partition coefficient (Wildman–Crippen LogP) is 3.92. The molecule has 1 heterocycles. The molecule has 2 aromatic rings. The van der Waals surface area contributed by atoms with Gasteiger partial charge in [-0.2, -0.15) is 5.10 Å². The molecule has 1 atom stereocenters. The number of aryl methyl sites for hydroxylation is 3. The van der Waals surface area contributed by atoms with Crippen molar-refractivity contribution in [2.75, 3.05) is 19.7 Å². The van der Waals surface area contributed by atoms with Crippen molar-refractivity contribution in [3.8, 4) is 5.75 Å². The number of hydrogen-bond donors (Lipinski definition) is 2. The predicted molar refractivity (Wildman–Crippen MR) is 132 cm³/mol. The molecule has 0 fully saturated rings. The number of aromatic nitrogens is 2. The van der Waals surface area contributed by atoms with E-state index in [0.717, 1.165) is 43.3 Å². The van der Waals surface area contributed by atoms with E-state index in [9.17, 15) is 0 Å². The van der Waals surface area contributed by atoms with Crippen molar-refractivity contribution in [2.24, 2.45) is 12.0 Å². The Labute approximate surface area is 192 Å². The molecule has 0 aliphatic heterocycles. The minimum atomic E-state index is 0. The Morgan fingerprint density at radius 3 is 2.48 bits per heavy atom. The molecule has 1 aromatic heterocycles. The summed E-state index contributed by atoms with van der Waals surface area (Å²) in [6, 6.07) is 8.41. The maximum Gasteiger partial charge on any atom is 0.191 e. The highest BCUT2D eigenvalue weighted by Gasteiger charge is 2.13. The largest absolute Gasteiger partial charge is 0.494 e. The third-order valence-electron chi connectivity index (χ3n) is 4.76. The van der Waals surface area contributed by atoms with Gasteiger partial charge in [0.2, 0.25) is 0 Å². The second kappa shape index (κ2) is 12.7. The number of guanidine groups is 1. The smallest absolute Gasteiger partial charge is 0.191 e. The zero-order valence-electron chi connectivity index (χ0n) is 18.6. The van der Waals surface area contributed by atoms with Crippen LogP contribution in [0.3, 0.4) is 0 Å². The first-order valence-electron chi connectivity index (χ1n) is 10.1. The second-order valence-electron chi connectivity index (χ2n) is 7.30. The molecule has 0 saturated carbocycles. The Kier molecular flexibility index (Phi) is 11.1. The molecule has 0 amide bonds. The van der Waals surface area contributed by atoms with Crippen molar-refractivity contribution in [1.29, 1.82) is 0 Å². The number of aliphatic imine (C=N–C) groups is 1. The van der Waals surface area contributed by atoms with E-state index in [4.69, 9.17) is 4.74 Å². The number of ether oxygens (including phenoxy) is 1. The van der Waals surface area contributed by atoms with Gasteiger partial charge in [0.05, 0.1) is 12.3 Å². The van der Waals surface area contributed by atoms with Gasteiger partial charge in [-0.05, 0) is 58.7 Å². The first-order chi connectivity index (χ1) is 13.4. The molecule has 2 N–H and O–H groups in total. The Bertz CT molecular complexity index is 770. The van der Waals surface area contributed by atoms with E-state index >= 15 is 0 Å². The number of rotatable bonds is 9. The summed E-state index contributed by atoms with van der Waals surface area (Å²) in [7, 11) is 1.99. The highest BCUT2D eigenvalue weighted by molar-refractivity contribution is 14.0. The summed E-state index contributed by atoms with van der Waals surface area (Å²) in [6.45, 7) is 12.7. The molecule has 0 saturated heterocycles. The van der Waals surface area contributed by atoms with E-state index in [-0.39, 0.29) is 30.0 Å². The van der Waals surface area contributed by atoms with Gasteiger partial charge in [-0.25, -0.2) is 0 Å². The van der Waals surface area contributed by atoms with Crippen LogP contribution in [0, 0.1) is 20.8 Å². The van der Waals surface area contributed by atoms with Crippen LogP contribution in [0.4, 0.5) is 0 Å². The molecule has 0 aliphatic carbocycles. The molecule has 29 heavy (non-hydrogen) atoms. The maximum absolute atomic E-state index is 5.77. The molecule has 0 spiro atoms. The third-order valence-corrected chi connectivity index (χ3v) is 4.76. The van der Waals surface area contributed by atoms with Crippen LogP contribution in [0.5, 0.6) is 5.75 Å². The van der Waals surface area contributed by atoms with Crippen LogP contribution in [-0.2, 0) is 13.5 Å². The lowest BCUT2D eigenvalue weighted by molar-refractivity contribution is 0.313. The molecule has 7 heteroatoms. The summed E-state index contributed by atoms with van der Waals surface area (Å²) in [4.78, 5) is 4.68. The lowest BCUT2D eigenvalue weighted by Crippen LogP contribution is -2.43. The van der Waals surface area contributed by atoms with Gasteiger partial charge in [0, 0.05) is 38.3 Å². The van der Waals surface area contributed by atoms with Gasteiger partial charge in [-0.15, -0.1) is 24.0 Å². The van der Waals surface area contributed by atoms with Crippen molar-refractivity contribution >= 4 is 29.9 Å². The maximum atomic E-state index is 5.77. The number of hydrogen-bond acceptors (Lipinski definition) is 3. The van der Waals surface area contributed by atoms with Gasteiger partial charge in [0.25, 0.3) is 0 Å². The molecule has 6 nitrogen and oxygen atoms in total. The molecular formula is C22H36IN5O. The Balaban J connectivity index is 0.00000420. The average Bonchev–Trinajstić information content (AvgIpc) is 2.89.